The minimum atomic E-state index is 0.606. The third-order valence-corrected chi connectivity index (χ3v) is 3.42. The molecule has 0 fully saturated rings. The van der Waals surface area contributed by atoms with Gasteiger partial charge in [0.2, 0.25) is 0 Å². The highest BCUT2D eigenvalue weighted by atomic mass is 79.9. The zero-order valence-electron chi connectivity index (χ0n) is 10.9. The van der Waals surface area contributed by atoms with Gasteiger partial charge in [-0.15, -0.1) is 0 Å². The maximum Gasteiger partial charge on any atom is 0.174 e. The molecule has 0 aromatic heterocycles. The average molecular weight is 313 g/mol. The van der Waals surface area contributed by atoms with Crippen molar-refractivity contribution in [1.29, 1.82) is 0 Å². The van der Waals surface area contributed by atoms with E-state index in [1.165, 1.54) is 0 Å². The van der Waals surface area contributed by atoms with Crippen LogP contribution >= 0.6 is 15.9 Å². The summed E-state index contributed by atoms with van der Waals surface area (Å²) in [6.45, 7) is 4.37. The lowest BCUT2D eigenvalue weighted by Crippen LogP contribution is -2.23. The monoisotopic (exact) mass is 312 g/mol. The molecule has 1 heterocycles. The van der Waals surface area contributed by atoms with Gasteiger partial charge in [-0.3, -0.25) is 4.99 Å². The van der Waals surface area contributed by atoms with Crippen molar-refractivity contribution in [1.82, 2.24) is 4.90 Å². The molecule has 1 aromatic carbocycles. The van der Waals surface area contributed by atoms with E-state index in [1.54, 1.807) is 7.11 Å². The highest BCUT2D eigenvalue weighted by Gasteiger charge is 2.19. The molecule has 0 radical (unpaired) electrons. The number of hydrogen-bond donors (Lipinski definition) is 0. The Balaban J connectivity index is 2.44. The van der Waals surface area contributed by atoms with Crippen molar-refractivity contribution in [3.05, 3.63) is 22.2 Å². The summed E-state index contributed by atoms with van der Waals surface area (Å²) < 4.78 is 11.8. The molecule has 4 nitrogen and oxygen atoms in total. The van der Waals surface area contributed by atoms with Gasteiger partial charge in [0.1, 0.15) is 5.84 Å². The summed E-state index contributed by atoms with van der Waals surface area (Å²) in [7, 11) is 3.69. The molecular formula is C13H17BrN2O2. The van der Waals surface area contributed by atoms with E-state index < -0.39 is 0 Å². The van der Waals surface area contributed by atoms with Gasteiger partial charge >= 0.3 is 0 Å². The quantitative estimate of drug-likeness (QED) is 0.857. The average Bonchev–Trinajstić information content (AvgIpc) is 2.75. The highest BCUT2D eigenvalue weighted by molar-refractivity contribution is 9.10. The van der Waals surface area contributed by atoms with Crippen LogP contribution in [0.3, 0.4) is 0 Å². The van der Waals surface area contributed by atoms with Gasteiger partial charge in [0.05, 0.1) is 24.7 Å². The van der Waals surface area contributed by atoms with Crippen LogP contribution in [0.15, 0.2) is 21.6 Å². The zero-order chi connectivity index (χ0) is 13.1. The van der Waals surface area contributed by atoms with Crippen LogP contribution in [-0.2, 0) is 0 Å². The van der Waals surface area contributed by atoms with Crippen LogP contribution in [0.5, 0.6) is 11.5 Å². The van der Waals surface area contributed by atoms with Gasteiger partial charge in [0.15, 0.2) is 11.5 Å². The number of rotatable bonds is 4. The lowest BCUT2D eigenvalue weighted by Gasteiger charge is -2.17. The number of amidine groups is 1. The van der Waals surface area contributed by atoms with E-state index in [-0.39, 0.29) is 0 Å². The molecule has 0 saturated carbocycles. The van der Waals surface area contributed by atoms with E-state index in [0.717, 1.165) is 40.5 Å². The molecule has 0 amide bonds. The highest BCUT2D eigenvalue weighted by Crippen LogP contribution is 2.37. The van der Waals surface area contributed by atoms with E-state index >= 15 is 0 Å². The second-order valence-corrected chi connectivity index (χ2v) is 4.90. The summed E-state index contributed by atoms with van der Waals surface area (Å²) >= 11 is 3.52. The summed E-state index contributed by atoms with van der Waals surface area (Å²) in [4.78, 5) is 6.65. The first kappa shape index (κ1) is 13.2. The molecule has 2 rings (SSSR count). The van der Waals surface area contributed by atoms with Crippen LogP contribution < -0.4 is 9.47 Å². The molecule has 18 heavy (non-hydrogen) atoms. The fourth-order valence-corrected chi connectivity index (χ4v) is 2.61. The van der Waals surface area contributed by atoms with Crippen LogP contribution in [0.1, 0.15) is 12.5 Å². The predicted octanol–water partition coefficient (Wildman–Crippen LogP) is 2.55. The van der Waals surface area contributed by atoms with Gasteiger partial charge in [-0.1, -0.05) is 0 Å². The Labute approximate surface area is 116 Å². The summed E-state index contributed by atoms with van der Waals surface area (Å²) in [5, 5.41) is 0. The Hall–Kier alpha value is -1.23. The molecule has 0 atom stereocenters. The topological polar surface area (TPSA) is 34.1 Å². The third-order valence-electron chi connectivity index (χ3n) is 2.83. The smallest absolute Gasteiger partial charge is 0.174 e. The summed E-state index contributed by atoms with van der Waals surface area (Å²) in [5.41, 5.74) is 1.05. The molecule has 0 unspecified atom stereocenters. The summed E-state index contributed by atoms with van der Waals surface area (Å²) in [6.07, 6.45) is 0. The first-order chi connectivity index (χ1) is 8.67. The lowest BCUT2D eigenvalue weighted by molar-refractivity contribution is 0.310. The van der Waals surface area contributed by atoms with Crippen LogP contribution in [0.25, 0.3) is 0 Å². The number of likely N-dealkylation sites (N-methyl/N-ethyl adjacent to an activating group) is 1. The second kappa shape index (κ2) is 5.61. The molecule has 1 aliphatic heterocycles. The summed E-state index contributed by atoms with van der Waals surface area (Å²) in [5.74, 6) is 2.47. The van der Waals surface area contributed by atoms with Crippen molar-refractivity contribution in [2.24, 2.45) is 4.99 Å². The molecule has 5 heteroatoms. The molecule has 0 aliphatic carbocycles. The van der Waals surface area contributed by atoms with Gasteiger partial charge in [-0.05, 0) is 35.0 Å². The van der Waals surface area contributed by atoms with Crippen molar-refractivity contribution in [3.63, 3.8) is 0 Å². The van der Waals surface area contributed by atoms with E-state index in [1.807, 2.05) is 26.1 Å². The van der Waals surface area contributed by atoms with Crippen molar-refractivity contribution in [2.45, 2.75) is 6.92 Å². The van der Waals surface area contributed by atoms with Crippen molar-refractivity contribution < 1.29 is 9.47 Å². The standard InChI is InChI=1S/C13H17BrN2O2/c1-4-18-11-8-9(7-10(14)12(11)17-3)13-15-5-6-16(13)2/h7-8H,4-6H2,1-3H3. The minimum absolute atomic E-state index is 0.606. The number of hydrogen-bond acceptors (Lipinski definition) is 4. The van der Waals surface area contributed by atoms with Gasteiger partial charge < -0.3 is 14.4 Å². The van der Waals surface area contributed by atoms with Crippen molar-refractivity contribution in [3.8, 4) is 11.5 Å². The maximum absolute atomic E-state index is 5.62. The Morgan fingerprint density at radius 3 is 2.78 bits per heavy atom. The fraction of sp³-hybridized carbons (Fsp3) is 0.462. The van der Waals surface area contributed by atoms with Crippen LogP contribution in [0.2, 0.25) is 0 Å². The van der Waals surface area contributed by atoms with E-state index in [9.17, 15) is 0 Å². The predicted molar refractivity (Wildman–Crippen MR) is 75.9 cm³/mol. The lowest BCUT2D eigenvalue weighted by atomic mass is 10.1. The zero-order valence-corrected chi connectivity index (χ0v) is 12.5. The first-order valence-corrected chi connectivity index (χ1v) is 6.73. The van der Waals surface area contributed by atoms with E-state index in [0.29, 0.717) is 6.61 Å². The minimum Gasteiger partial charge on any atom is -0.492 e. The molecule has 0 spiro atoms. The van der Waals surface area contributed by atoms with Crippen LogP contribution in [0.4, 0.5) is 0 Å². The molecule has 0 saturated heterocycles. The Morgan fingerprint density at radius 1 is 1.44 bits per heavy atom. The van der Waals surface area contributed by atoms with Gasteiger partial charge in [0.25, 0.3) is 0 Å². The molecule has 1 aliphatic rings. The molecule has 1 aromatic rings. The van der Waals surface area contributed by atoms with Crippen molar-refractivity contribution >= 4 is 21.8 Å². The third kappa shape index (κ3) is 2.46. The number of methoxy groups -OCH3 is 1. The van der Waals surface area contributed by atoms with Gasteiger partial charge in [-0.2, -0.15) is 0 Å². The van der Waals surface area contributed by atoms with Crippen molar-refractivity contribution in [2.75, 3.05) is 33.9 Å². The van der Waals surface area contributed by atoms with Gasteiger partial charge in [-0.25, -0.2) is 0 Å². The van der Waals surface area contributed by atoms with E-state index in [2.05, 4.69) is 25.8 Å². The Bertz CT molecular complexity index is 474. The molecule has 0 bridgehead atoms. The van der Waals surface area contributed by atoms with Crippen LogP contribution in [-0.4, -0.2) is 44.6 Å². The Morgan fingerprint density at radius 2 is 2.22 bits per heavy atom. The molecule has 0 N–H and O–H groups in total. The first-order valence-electron chi connectivity index (χ1n) is 5.93. The normalized spacial score (nSPS) is 14.7. The van der Waals surface area contributed by atoms with Gasteiger partial charge in [0, 0.05) is 19.2 Å². The number of ether oxygens (including phenoxy) is 2. The number of benzene rings is 1. The number of aliphatic imine (C=N–C) groups is 1. The Kier molecular flexibility index (Phi) is 4.11. The van der Waals surface area contributed by atoms with Crippen LogP contribution in [0, 0.1) is 0 Å². The summed E-state index contributed by atoms with van der Waals surface area (Å²) in [6, 6.07) is 4.00. The van der Waals surface area contributed by atoms with E-state index in [4.69, 9.17) is 9.47 Å². The number of nitrogens with zero attached hydrogens (tertiary/aromatic N) is 2. The fourth-order valence-electron chi connectivity index (χ4n) is 2.00. The number of halogens is 1. The SMILES string of the molecule is CCOc1cc(C2=NCCN2C)cc(Br)c1OC. The largest absolute Gasteiger partial charge is 0.492 e. The second-order valence-electron chi connectivity index (χ2n) is 4.05. The molecule has 98 valence electrons. The molecular weight excluding hydrogens is 296 g/mol. The maximum atomic E-state index is 5.62.